The van der Waals surface area contributed by atoms with Crippen LogP contribution in [0.15, 0.2) is 30.3 Å². The summed E-state index contributed by atoms with van der Waals surface area (Å²) in [6, 6.07) is 10.6. The molecule has 0 fully saturated rings. The Balaban J connectivity index is 2.09. The van der Waals surface area contributed by atoms with Gasteiger partial charge in [-0.2, -0.15) is 0 Å². The highest BCUT2D eigenvalue weighted by Gasteiger charge is 2.07. The molecule has 0 amide bonds. The first-order valence-electron chi connectivity index (χ1n) is 7.50. The highest BCUT2D eigenvalue weighted by atomic mass is 15.1. The molecule has 0 radical (unpaired) electrons. The van der Waals surface area contributed by atoms with E-state index in [0.717, 1.165) is 30.4 Å². The predicted octanol–water partition coefficient (Wildman–Crippen LogP) is 3.82. The maximum absolute atomic E-state index is 4.57. The van der Waals surface area contributed by atoms with Crippen molar-refractivity contribution in [3.05, 3.63) is 47.3 Å². The lowest BCUT2D eigenvalue weighted by Gasteiger charge is -2.11. The van der Waals surface area contributed by atoms with Crippen molar-refractivity contribution >= 4 is 11.6 Å². The molecule has 1 aromatic carbocycles. The van der Waals surface area contributed by atoms with Gasteiger partial charge >= 0.3 is 0 Å². The number of nitrogens with one attached hydrogen (secondary N) is 2. The van der Waals surface area contributed by atoms with Crippen LogP contribution in [0.3, 0.4) is 0 Å². The largest absolute Gasteiger partial charge is 0.373 e. The van der Waals surface area contributed by atoms with Crippen molar-refractivity contribution in [3.8, 4) is 0 Å². The molecule has 0 saturated heterocycles. The average Bonchev–Trinajstić information content (AvgIpc) is 2.53. The molecule has 0 saturated carbocycles. The molecule has 0 aliphatic carbocycles. The zero-order chi connectivity index (χ0) is 15.2. The molecule has 1 aromatic heterocycles. The van der Waals surface area contributed by atoms with Crippen molar-refractivity contribution in [1.82, 2.24) is 9.97 Å². The summed E-state index contributed by atoms with van der Waals surface area (Å²) in [7, 11) is 1.87. The van der Waals surface area contributed by atoms with E-state index in [1.807, 2.05) is 13.1 Å². The molecular formula is C17H24N4. The molecule has 0 aliphatic heterocycles. The van der Waals surface area contributed by atoms with Crippen molar-refractivity contribution in [2.75, 3.05) is 17.7 Å². The number of rotatable bonds is 6. The Morgan fingerprint density at radius 3 is 2.19 bits per heavy atom. The Hall–Kier alpha value is -2.10. The molecule has 2 rings (SSSR count). The van der Waals surface area contributed by atoms with E-state index in [9.17, 15) is 0 Å². The van der Waals surface area contributed by atoms with Gasteiger partial charge < -0.3 is 10.6 Å². The minimum absolute atomic E-state index is 0.308. The highest BCUT2D eigenvalue weighted by Crippen LogP contribution is 2.17. The van der Waals surface area contributed by atoms with E-state index >= 15 is 0 Å². The third-order valence-electron chi connectivity index (χ3n) is 3.42. The van der Waals surface area contributed by atoms with Gasteiger partial charge in [0.15, 0.2) is 0 Å². The Labute approximate surface area is 127 Å². The van der Waals surface area contributed by atoms with Crippen LogP contribution in [0.25, 0.3) is 0 Å². The van der Waals surface area contributed by atoms with Gasteiger partial charge in [-0.1, -0.05) is 45.0 Å². The Morgan fingerprint density at radius 2 is 1.62 bits per heavy atom. The maximum Gasteiger partial charge on any atom is 0.135 e. The number of anilines is 2. The topological polar surface area (TPSA) is 49.8 Å². The summed E-state index contributed by atoms with van der Waals surface area (Å²) < 4.78 is 0. The number of hydrogen-bond acceptors (Lipinski definition) is 4. The molecule has 1 heterocycles. The summed E-state index contributed by atoms with van der Waals surface area (Å²) in [5, 5.41) is 6.46. The SMILES string of the molecule is CCc1ccc(CNc2cc(NC)nc(C(C)C)n2)cc1. The van der Waals surface area contributed by atoms with Crippen LogP contribution in [-0.4, -0.2) is 17.0 Å². The number of hydrogen-bond donors (Lipinski definition) is 2. The summed E-state index contributed by atoms with van der Waals surface area (Å²) in [4.78, 5) is 9.03. The van der Waals surface area contributed by atoms with Crippen LogP contribution in [0.2, 0.25) is 0 Å². The number of benzene rings is 1. The second kappa shape index (κ2) is 7.07. The third kappa shape index (κ3) is 4.18. The molecule has 0 unspecified atom stereocenters. The minimum atomic E-state index is 0.308. The Bertz CT molecular complexity index is 576. The summed E-state index contributed by atoms with van der Waals surface area (Å²) in [5.41, 5.74) is 2.61. The fourth-order valence-electron chi connectivity index (χ4n) is 2.03. The zero-order valence-electron chi connectivity index (χ0n) is 13.3. The fourth-order valence-corrected chi connectivity index (χ4v) is 2.03. The van der Waals surface area contributed by atoms with Crippen LogP contribution in [0.1, 0.15) is 43.6 Å². The van der Waals surface area contributed by atoms with Gasteiger partial charge in [0.05, 0.1) is 0 Å². The molecule has 112 valence electrons. The quantitative estimate of drug-likeness (QED) is 0.846. The maximum atomic E-state index is 4.57. The van der Waals surface area contributed by atoms with Crippen molar-refractivity contribution in [2.24, 2.45) is 0 Å². The van der Waals surface area contributed by atoms with E-state index in [1.54, 1.807) is 0 Å². The molecule has 4 heteroatoms. The molecule has 2 aromatic rings. The van der Waals surface area contributed by atoms with Crippen molar-refractivity contribution < 1.29 is 0 Å². The van der Waals surface area contributed by atoms with Gasteiger partial charge in [-0.3, -0.25) is 0 Å². The van der Waals surface area contributed by atoms with Crippen LogP contribution in [0, 0.1) is 0 Å². The standard InChI is InChI=1S/C17H24N4/c1-5-13-6-8-14(9-7-13)11-19-16-10-15(18-4)20-17(21-16)12(2)3/h6-10,12H,5,11H2,1-4H3,(H2,18,19,20,21). The van der Waals surface area contributed by atoms with Crippen molar-refractivity contribution in [3.63, 3.8) is 0 Å². The molecule has 4 nitrogen and oxygen atoms in total. The normalized spacial score (nSPS) is 10.7. The van der Waals surface area contributed by atoms with Gasteiger partial charge in [0.1, 0.15) is 17.5 Å². The molecule has 2 N–H and O–H groups in total. The Morgan fingerprint density at radius 1 is 1.00 bits per heavy atom. The first-order chi connectivity index (χ1) is 10.1. The monoisotopic (exact) mass is 284 g/mol. The van der Waals surface area contributed by atoms with E-state index in [4.69, 9.17) is 0 Å². The van der Waals surface area contributed by atoms with Crippen LogP contribution in [0.4, 0.5) is 11.6 Å². The van der Waals surface area contributed by atoms with Crippen LogP contribution >= 0.6 is 0 Å². The van der Waals surface area contributed by atoms with Gasteiger partial charge in [-0.15, -0.1) is 0 Å². The summed E-state index contributed by atoms with van der Waals surface area (Å²) in [5.74, 6) is 2.86. The van der Waals surface area contributed by atoms with E-state index in [1.165, 1.54) is 11.1 Å². The summed E-state index contributed by atoms with van der Waals surface area (Å²) in [6.07, 6.45) is 1.07. The van der Waals surface area contributed by atoms with Gasteiger partial charge in [0, 0.05) is 25.6 Å². The van der Waals surface area contributed by atoms with E-state index < -0.39 is 0 Å². The van der Waals surface area contributed by atoms with Crippen molar-refractivity contribution in [2.45, 2.75) is 39.7 Å². The van der Waals surface area contributed by atoms with Gasteiger partial charge in [-0.25, -0.2) is 9.97 Å². The van der Waals surface area contributed by atoms with Gasteiger partial charge in [0.25, 0.3) is 0 Å². The van der Waals surface area contributed by atoms with Gasteiger partial charge in [0.2, 0.25) is 0 Å². The van der Waals surface area contributed by atoms with Crippen LogP contribution < -0.4 is 10.6 Å². The second-order valence-corrected chi connectivity index (χ2v) is 5.42. The number of nitrogens with zero attached hydrogens (tertiary/aromatic N) is 2. The smallest absolute Gasteiger partial charge is 0.135 e. The lowest BCUT2D eigenvalue weighted by molar-refractivity contribution is 0.776. The molecule has 0 bridgehead atoms. The average molecular weight is 284 g/mol. The second-order valence-electron chi connectivity index (χ2n) is 5.42. The van der Waals surface area contributed by atoms with E-state index in [0.29, 0.717) is 5.92 Å². The molecule has 0 aliphatic rings. The van der Waals surface area contributed by atoms with E-state index in [-0.39, 0.29) is 0 Å². The zero-order valence-corrected chi connectivity index (χ0v) is 13.3. The lowest BCUT2D eigenvalue weighted by Crippen LogP contribution is -2.07. The highest BCUT2D eigenvalue weighted by molar-refractivity contribution is 5.47. The Kier molecular flexibility index (Phi) is 5.14. The molecular weight excluding hydrogens is 260 g/mol. The van der Waals surface area contributed by atoms with E-state index in [2.05, 4.69) is 65.6 Å². The predicted molar refractivity (Wildman–Crippen MR) is 88.8 cm³/mol. The first-order valence-corrected chi connectivity index (χ1v) is 7.50. The minimum Gasteiger partial charge on any atom is -0.373 e. The summed E-state index contributed by atoms with van der Waals surface area (Å²) >= 11 is 0. The number of aromatic nitrogens is 2. The lowest BCUT2D eigenvalue weighted by atomic mass is 10.1. The number of aryl methyl sites for hydroxylation is 1. The molecule has 0 atom stereocenters. The van der Waals surface area contributed by atoms with Gasteiger partial charge in [-0.05, 0) is 17.5 Å². The summed E-state index contributed by atoms with van der Waals surface area (Å²) in [6.45, 7) is 7.13. The molecule has 21 heavy (non-hydrogen) atoms. The fraction of sp³-hybridized carbons (Fsp3) is 0.412. The third-order valence-corrected chi connectivity index (χ3v) is 3.42. The van der Waals surface area contributed by atoms with Crippen LogP contribution in [0.5, 0.6) is 0 Å². The first kappa shape index (κ1) is 15.3. The molecule has 0 spiro atoms. The van der Waals surface area contributed by atoms with Crippen LogP contribution in [-0.2, 0) is 13.0 Å². The van der Waals surface area contributed by atoms with Crippen molar-refractivity contribution in [1.29, 1.82) is 0 Å².